The van der Waals surface area contributed by atoms with Crippen LogP contribution in [0.3, 0.4) is 0 Å². The fraction of sp³-hybridized carbons (Fsp3) is 0.824. The van der Waals surface area contributed by atoms with Crippen molar-refractivity contribution in [2.45, 2.75) is 259 Å². The Balaban J connectivity index is -0.000000323. The summed E-state index contributed by atoms with van der Waals surface area (Å²) in [7, 11) is 0. The SMILES string of the molecule is C=CCCCCCCCC.CC#CC#CC#CC(=O)NCCCN1CCN(CCCNC(C)=O)CC1.CCCCCCCCCCCCCC(=O)NCCCN1CCN(CCCNC(=O)CCCCCCCCCCCCC)CC1.[HH].[HH].[HH].[HH].[HH]. The average molecular weight is 1130 g/mol. The van der Waals surface area contributed by atoms with Gasteiger partial charge in [-0.15, -0.1) is 6.58 Å². The molecule has 0 aromatic carbocycles. The molecule has 0 radical (unpaired) electrons. The molecular formula is C68H134N8O4. The molecule has 2 aliphatic rings. The molecule has 2 rings (SSSR count). The summed E-state index contributed by atoms with van der Waals surface area (Å²) >= 11 is 0. The standard InChI is InChI=1S/C38H76N4O2.C20H28N4O2.C10H20.5H2/c1-3-5-7-9-11-13-15-17-19-21-23-27-37(43)39-29-25-31-41-33-35-42(36-34-41)32-26-30-40-38(44)28-24-22-20-18-16-14-12-10-8-6-4-2;1-3-4-5-6-7-10-20(26)22-12-9-14-24-17-15-23(16-18-24)13-8-11-21-19(2)25;1-3-5-7-9-10-8-6-4-2;;;;;/h3-36H2,1-2H3,(H,39,43)(H,40,44);8-9,11-18H2,1-2H3,(H,21,25)(H,22,26);3H,1,4-10H2,2H3;5*1H. The zero-order valence-corrected chi connectivity index (χ0v) is 52.8. The number of unbranched alkanes of at least 4 members (excludes halogenated alkanes) is 26. The van der Waals surface area contributed by atoms with E-state index in [2.05, 4.69) is 104 Å². The van der Waals surface area contributed by atoms with Crippen molar-refractivity contribution in [3.8, 4) is 35.5 Å². The quantitative estimate of drug-likeness (QED) is 0.0269. The lowest BCUT2D eigenvalue weighted by atomic mass is 10.1. The van der Waals surface area contributed by atoms with Gasteiger partial charge in [-0.3, -0.25) is 19.2 Å². The molecule has 2 heterocycles. The molecule has 470 valence electrons. The molecular weight excluding hydrogens is 993 g/mol. The van der Waals surface area contributed by atoms with E-state index in [0.29, 0.717) is 19.4 Å². The highest BCUT2D eigenvalue weighted by molar-refractivity contribution is 5.94. The number of nitrogens with one attached hydrogen (secondary N) is 4. The number of carbonyl (C=O) groups excluding carboxylic acids is 4. The second-order valence-corrected chi connectivity index (χ2v) is 22.5. The summed E-state index contributed by atoms with van der Waals surface area (Å²) in [6.45, 7) is 29.5. The van der Waals surface area contributed by atoms with Gasteiger partial charge in [-0.1, -0.05) is 193 Å². The molecule has 0 saturated carbocycles. The van der Waals surface area contributed by atoms with Crippen LogP contribution < -0.4 is 21.3 Å². The number of nitrogens with zero attached hydrogens (tertiary/aromatic N) is 4. The maximum Gasteiger partial charge on any atom is 0.296 e. The van der Waals surface area contributed by atoms with Crippen LogP contribution in [-0.2, 0) is 19.2 Å². The van der Waals surface area contributed by atoms with Crippen molar-refractivity contribution in [1.82, 2.24) is 40.9 Å². The number of rotatable bonds is 47. The summed E-state index contributed by atoms with van der Waals surface area (Å²) in [5, 5.41) is 11.9. The first-order valence-electron chi connectivity index (χ1n) is 33.2. The van der Waals surface area contributed by atoms with E-state index < -0.39 is 0 Å². The summed E-state index contributed by atoms with van der Waals surface area (Å²) < 4.78 is 0. The molecule has 0 aromatic heterocycles. The van der Waals surface area contributed by atoms with Crippen molar-refractivity contribution in [2.75, 3.05) is 105 Å². The first-order valence-corrected chi connectivity index (χ1v) is 33.2. The van der Waals surface area contributed by atoms with E-state index in [-0.39, 0.29) is 30.8 Å². The van der Waals surface area contributed by atoms with E-state index in [1.807, 2.05) is 6.08 Å². The van der Waals surface area contributed by atoms with Gasteiger partial charge in [-0.25, -0.2) is 0 Å². The summed E-state index contributed by atoms with van der Waals surface area (Å²) in [5.74, 6) is 15.3. The molecule has 12 heteroatoms. The smallest absolute Gasteiger partial charge is 0.296 e. The minimum atomic E-state index is -0.298. The lowest BCUT2D eigenvalue weighted by Gasteiger charge is -2.34. The van der Waals surface area contributed by atoms with Gasteiger partial charge in [0.05, 0.1) is 0 Å². The third-order valence-corrected chi connectivity index (χ3v) is 15.1. The van der Waals surface area contributed by atoms with Crippen LogP contribution in [0.1, 0.15) is 266 Å². The molecule has 2 aliphatic heterocycles. The van der Waals surface area contributed by atoms with E-state index in [0.717, 1.165) is 137 Å². The lowest BCUT2D eigenvalue weighted by molar-refractivity contribution is -0.122. The van der Waals surface area contributed by atoms with Crippen molar-refractivity contribution < 1.29 is 26.3 Å². The van der Waals surface area contributed by atoms with Gasteiger partial charge >= 0.3 is 0 Å². The predicted octanol–water partition coefficient (Wildman–Crippen LogP) is 13.8. The predicted molar refractivity (Wildman–Crippen MR) is 352 cm³/mol. The van der Waals surface area contributed by atoms with E-state index in [1.54, 1.807) is 13.8 Å². The Morgan fingerprint density at radius 2 is 0.700 bits per heavy atom. The van der Waals surface area contributed by atoms with Gasteiger partial charge in [0.1, 0.15) is 0 Å². The maximum absolute atomic E-state index is 12.1. The van der Waals surface area contributed by atoms with Crippen LogP contribution in [-0.4, -0.2) is 148 Å². The largest absolute Gasteiger partial charge is 0.356 e. The van der Waals surface area contributed by atoms with Gasteiger partial charge in [-0.2, -0.15) is 0 Å². The molecule has 0 spiro atoms. The average Bonchev–Trinajstić information content (AvgIpc) is 3.48. The highest BCUT2D eigenvalue weighted by Gasteiger charge is 2.17. The van der Waals surface area contributed by atoms with E-state index in [1.165, 1.54) is 173 Å². The van der Waals surface area contributed by atoms with Crippen LogP contribution in [0.25, 0.3) is 0 Å². The van der Waals surface area contributed by atoms with Crippen LogP contribution in [0.2, 0.25) is 0 Å². The number of allylic oxidation sites excluding steroid dienone is 1. The van der Waals surface area contributed by atoms with Crippen LogP contribution in [0.4, 0.5) is 0 Å². The number of hydrogen-bond acceptors (Lipinski definition) is 8. The summed E-state index contributed by atoms with van der Waals surface area (Å²) in [6.07, 6.45) is 46.0. The highest BCUT2D eigenvalue weighted by Crippen LogP contribution is 2.14. The number of amides is 4. The van der Waals surface area contributed by atoms with Gasteiger partial charge in [0.15, 0.2) is 0 Å². The fourth-order valence-corrected chi connectivity index (χ4v) is 10.0. The Hall–Kier alpha value is -3.86. The number of carbonyl (C=O) groups is 4. The highest BCUT2D eigenvalue weighted by atomic mass is 16.2. The van der Waals surface area contributed by atoms with Crippen LogP contribution in [0.15, 0.2) is 12.7 Å². The van der Waals surface area contributed by atoms with Gasteiger partial charge < -0.3 is 40.9 Å². The molecule has 0 aliphatic carbocycles. The zero-order valence-electron chi connectivity index (χ0n) is 52.8. The Labute approximate surface area is 501 Å². The fourth-order valence-electron chi connectivity index (χ4n) is 10.0. The van der Waals surface area contributed by atoms with Crippen LogP contribution in [0.5, 0.6) is 0 Å². The van der Waals surface area contributed by atoms with Gasteiger partial charge in [0.25, 0.3) is 5.91 Å². The Kier molecular flexibility index (Phi) is 58.3. The molecule has 0 atom stereocenters. The molecule has 0 bridgehead atoms. The van der Waals surface area contributed by atoms with E-state index in [9.17, 15) is 19.2 Å². The topological polar surface area (TPSA) is 129 Å². The third kappa shape index (κ3) is 56.0. The van der Waals surface area contributed by atoms with E-state index in [4.69, 9.17) is 0 Å². The lowest BCUT2D eigenvalue weighted by Crippen LogP contribution is -2.47. The van der Waals surface area contributed by atoms with Gasteiger partial charge in [0, 0.05) is 111 Å². The first-order chi connectivity index (χ1) is 39.2. The maximum atomic E-state index is 12.1. The third-order valence-electron chi connectivity index (χ3n) is 15.1. The molecule has 0 aromatic rings. The molecule has 2 fully saturated rings. The van der Waals surface area contributed by atoms with Crippen molar-refractivity contribution in [1.29, 1.82) is 0 Å². The van der Waals surface area contributed by atoms with Crippen LogP contribution >= 0.6 is 0 Å². The molecule has 2 saturated heterocycles. The first kappa shape index (κ1) is 76.1. The minimum absolute atomic E-state index is 0. The Morgan fingerprint density at radius 1 is 0.400 bits per heavy atom. The Bertz CT molecular complexity index is 1630. The summed E-state index contributed by atoms with van der Waals surface area (Å²) in [4.78, 5) is 56.5. The summed E-state index contributed by atoms with van der Waals surface area (Å²) in [6, 6.07) is 0. The molecule has 80 heavy (non-hydrogen) atoms. The molecule has 0 unspecified atom stereocenters. The molecule has 12 nitrogen and oxygen atoms in total. The zero-order chi connectivity index (χ0) is 58.5. The van der Waals surface area contributed by atoms with Crippen molar-refractivity contribution in [2.24, 2.45) is 0 Å². The van der Waals surface area contributed by atoms with Gasteiger partial charge in [-0.05, 0) is 108 Å². The van der Waals surface area contributed by atoms with Crippen molar-refractivity contribution >= 4 is 23.6 Å². The number of hydrogen-bond donors (Lipinski definition) is 4. The second-order valence-electron chi connectivity index (χ2n) is 22.5. The van der Waals surface area contributed by atoms with Crippen molar-refractivity contribution in [3.05, 3.63) is 12.7 Å². The monoisotopic (exact) mass is 1130 g/mol. The van der Waals surface area contributed by atoms with Gasteiger partial charge in [0.2, 0.25) is 17.7 Å². The number of piperazine rings is 2. The normalized spacial score (nSPS) is 13.6. The van der Waals surface area contributed by atoms with E-state index >= 15 is 0 Å². The van der Waals surface area contributed by atoms with Crippen molar-refractivity contribution in [3.63, 3.8) is 0 Å². The summed E-state index contributed by atoms with van der Waals surface area (Å²) in [5.41, 5.74) is 0. The molecule has 4 N–H and O–H groups in total. The second kappa shape index (κ2) is 61.2. The molecule has 4 amide bonds. The Morgan fingerprint density at radius 3 is 1.02 bits per heavy atom. The van der Waals surface area contributed by atoms with Crippen LogP contribution in [0, 0.1) is 35.5 Å². The minimum Gasteiger partial charge on any atom is -0.356 e.